The number of para-hydroxylation sites is 1. The standard InChI is InChI=1S/C23H25N3O2/c1-25-20-12-6-5-11-18(20)23(22(25)28)19(14-17-10-7-13-26(17)23)21(27)24-15-16-8-3-2-4-9-16/h2-6,8-9,11-12,17,19H,7,10,13-15H2,1H3,(H,24,27). The molecule has 0 aromatic heterocycles. The first-order chi connectivity index (χ1) is 13.6. The molecule has 3 heterocycles. The van der Waals surface area contributed by atoms with Gasteiger partial charge in [0.25, 0.3) is 5.91 Å². The Hall–Kier alpha value is -2.66. The third-order valence-electron chi connectivity index (χ3n) is 6.78. The van der Waals surface area contributed by atoms with Crippen molar-refractivity contribution in [2.75, 3.05) is 18.5 Å². The largest absolute Gasteiger partial charge is 0.352 e. The van der Waals surface area contributed by atoms with Crippen LogP contribution in [-0.2, 0) is 21.7 Å². The second-order valence-corrected chi connectivity index (χ2v) is 8.13. The zero-order valence-electron chi connectivity index (χ0n) is 16.1. The summed E-state index contributed by atoms with van der Waals surface area (Å²) in [5, 5.41) is 3.11. The third kappa shape index (κ3) is 2.29. The quantitative estimate of drug-likeness (QED) is 0.897. The van der Waals surface area contributed by atoms with Crippen LogP contribution < -0.4 is 10.2 Å². The molecule has 2 aromatic rings. The van der Waals surface area contributed by atoms with E-state index in [2.05, 4.69) is 10.2 Å². The normalized spacial score (nSPS) is 28.6. The zero-order valence-corrected chi connectivity index (χ0v) is 16.1. The number of amides is 2. The number of hydrogen-bond acceptors (Lipinski definition) is 3. The summed E-state index contributed by atoms with van der Waals surface area (Å²) in [6.45, 7) is 1.36. The van der Waals surface area contributed by atoms with Crippen LogP contribution in [0.15, 0.2) is 54.6 Å². The minimum Gasteiger partial charge on any atom is -0.352 e. The van der Waals surface area contributed by atoms with E-state index in [0.717, 1.165) is 42.6 Å². The number of anilines is 1. The van der Waals surface area contributed by atoms with Crippen molar-refractivity contribution in [2.24, 2.45) is 5.92 Å². The highest BCUT2D eigenvalue weighted by atomic mass is 16.2. The van der Waals surface area contributed by atoms with Gasteiger partial charge in [-0.3, -0.25) is 14.5 Å². The molecule has 28 heavy (non-hydrogen) atoms. The van der Waals surface area contributed by atoms with Crippen molar-refractivity contribution in [3.63, 3.8) is 0 Å². The summed E-state index contributed by atoms with van der Waals surface area (Å²) in [6, 6.07) is 18.2. The number of nitrogens with zero attached hydrogens (tertiary/aromatic N) is 2. The fourth-order valence-corrected chi connectivity index (χ4v) is 5.58. The van der Waals surface area contributed by atoms with Crippen molar-refractivity contribution < 1.29 is 9.59 Å². The summed E-state index contributed by atoms with van der Waals surface area (Å²) in [5.41, 5.74) is 2.14. The lowest BCUT2D eigenvalue weighted by atomic mass is 9.78. The summed E-state index contributed by atoms with van der Waals surface area (Å²) in [4.78, 5) is 31.1. The number of carbonyl (C=O) groups excluding carboxylic acids is 2. The molecule has 0 bridgehead atoms. The lowest BCUT2D eigenvalue weighted by Crippen LogP contribution is -2.55. The van der Waals surface area contributed by atoms with Crippen LogP contribution in [0.5, 0.6) is 0 Å². The highest BCUT2D eigenvalue weighted by molar-refractivity contribution is 6.10. The minimum absolute atomic E-state index is 0.0169. The van der Waals surface area contributed by atoms with Crippen LogP contribution in [-0.4, -0.2) is 36.3 Å². The molecular weight excluding hydrogens is 350 g/mol. The SMILES string of the molecule is CN1C(=O)C2(c3ccccc31)C(C(=O)NCc1ccccc1)CC1CCCN12. The van der Waals surface area contributed by atoms with E-state index in [1.165, 1.54) is 0 Å². The molecule has 3 aliphatic heterocycles. The molecule has 0 saturated carbocycles. The van der Waals surface area contributed by atoms with Gasteiger partial charge >= 0.3 is 0 Å². The molecule has 0 aliphatic carbocycles. The summed E-state index contributed by atoms with van der Waals surface area (Å²) in [7, 11) is 1.83. The summed E-state index contributed by atoms with van der Waals surface area (Å²) in [5.74, 6) is -0.338. The van der Waals surface area contributed by atoms with Crippen LogP contribution >= 0.6 is 0 Å². The van der Waals surface area contributed by atoms with Crippen molar-refractivity contribution in [3.8, 4) is 0 Å². The molecule has 2 fully saturated rings. The molecule has 1 N–H and O–H groups in total. The van der Waals surface area contributed by atoms with Crippen LogP contribution in [0.2, 0.25) is 0 Å². The van der Waals surface area contributed by atoms with Gasteiger partial charge in [0.15, 0.2) is 0 Å². The Morgan fingerprint density at radius 1 is 1.14 bits per heavy atom. The maximum atomic E-state index is 13.6. The van der Waals surface area contributed by atoms with Gasteiger partial charge in [-0.25, -0.2) is 0 Å². The van der Waals surface area contributed by atoms with Crippen LogP contribution in [0, 0.1) is 5.92 Å². The molecule has 0 radical (unpaired) electrons. The molecule has 2 saturated heterocycles. The molecule has 5 rings (SSSR count). The average Bonchev–Trinajstić information content (AvgIpc) is 3.37. The molecule has 5 nitrogen and oxygen atoms in total. The van der Waals surface area contributed by atoms with Crippen molar-refractivity contribution in [1.29, 1.82) is 0 Å². The van der Waals surface area contributed by atoms with Gasteiger partial charge in [-0.1, -0.05) is 48.5 Å². The van der Waals surface area contributed by atoms with E-state index < -0.39 is 5.54 Å². The van der Waals surface area contributed by atoms with E-state index in [1.54, 1.807) is 4.90 Å². The fourth-order valence-electron chi connectivity index (χ4n) is 5.58. The molecular formula is C23H25N3O2. The molecule has 5 heteroatoms. The van der Waals surface area contributed by atoms with Crippen LogP contribution in [0.1, 0.15) is 30.4 Å². The Bertz CT molecular complexity index is 928. The summed E-state index contributed by atoms with van der Waals surface area (Å²) >= 11 is 0. The number of rotatable bonds is 3. The van der Waals surface area contributed by atoms with E-state index in [1.807, 2.05) is 61.6 Å². The van der Waals surface area contributed by atoms with E-state index in [9.17, 15) is 9.59 Å². The number of carbonyl (C=O) groups is 2. The summed E-state index contributed by atoms with van der Waals surface area (Å²) in [6.07, 6.45) is 2.89. The monoisotopic (exact) mass is 375 g/mol. The highest BCUT2D eigenvalue weighted by Crippen LogP contribution is 2.56. The van der Waals surface area contributed by atoms with E-state index in [0.29, 0.717) is 12.6 Å². The first-order valence-electron chi connectivity index (χ1n) is 10.1. The lowest BCUT2D eigenvalue weighted by molar-refractivity contribution is -0.138. The van der Waals surface area contributed by atoms with E-state index >= 15 is 0 Å². The Morgan fingerprint density at radius 3 is 2.71 bits per heavy atom. The molecule has 3 atom stereocenters. The molecule has 1 spiro atoms. The van der Waals surface area contributed by atoms with Crippen molar-refractivity contribution in [3.05, 3.63) is 65.7 Å². The van der Waals surface area contributed by atoms with Crippen LogP contribution in [0.3, 0.4) is 0 Å². The third-order valence-corrected chi connectivity index (χ3v) is 6.78. The second kappa shape index (κ2) is 6.45. The molecule has 3 unspecified atom stereocenters. The van der Waals surface area contributed by atoms with Gasteiger partial charge in [-0.2, -0.15) is 0 Å². The van der Waals surface area contributed by atoms with Gasteiger partial charge in [0.05, 0.1) is 5.92 Å². The lowest BCUT2D eigenvalue weighted by Gasteiger charge is -2.37. The van der Waals surface area contributed by atoms with Gasteiger partial charge in [0.1, 0.15) is 5.54 Å². The first-order valence-corrected chi connectivity index (χ1v) is 10.1. The Kier molecular flexibility index (Phi) is 4.02. The highest BCUT2D eigenvalue weighted by Gasteiger charge is 2.66. The van der Waals surface area contributed by atoms with Gasteiger partial charge in [0, 0.05) is 30.9 Å². The van der Waals surface area contributed by atoms with E-state index in [4.69, 9.17) is 0 Å². The van der Waals surface area contributed by atoms with Crippen molar-refractivity contribution >= 4 is 17.5 Å². The molecule has 144 valence electrons. The molecule has 2 amide bonds. The zero-order chi connectivity index (χ0) is 19.3. The van der Waals surface area contributed by atoms with Crippen molar-refractivity contribution in [1.82, 2.24) is 10.2 Å². The Labute approximate surface area is 165 Å². The first kappa shape index (κ1) is 17.4. The topological polar surface area (TPSA) is 52.7 Å². The van der Waals surface area contributed by atoms with Crippen LogP contribution in [0.25, 0.3) is 0 Å². The van der Waals surface area contributed by atoms with E-state index in [-0.39, 0.29) is 17.7 Å². The Morgan fingerprint density at radius 2 is 1.89 bits per heavy atom. The van der Waals surface area contributed by atoms with Gasteiger partial charge in [0.2, 0.25) is 5.91 Å². The number of fused-ring (bicyclic) bond motifs is 4. The number of benzene rings is 2. The predicted octanol–water partition coefficient (Wildman–Crippen LogP) is 2.66. The van der Waals surface area contributed by atoms with Crippen molar-refractivity contribution in [2.45, 2.75) is 37.4 Å². The number of hydrogen-bond donors (Lipinski definition) is 1. The maximum absolute atomic E-state index is 13.6. The summed E-state index contributed by atoms with van der Waals surface area (Å²) < 4.78 is 0. The number of nitrogens with one attached hydrogen (secondary N) is 1. The number of likely N-dealkylation sites (N-methyl/N-ethyl adjacent to an activating group) is 1. The maximum Gasteiger partial charge on any atom is 0.252 e. The Balaban J connectivity index is 1.53. The van der Waals surface area contributed by atoms with Gasteiger partial charge in [-0.05, 0) is 37.4 Å². The fraction of sp³-hybridized carbons (Fsp3) is 0.391. The molecule has 3 aliphatic rings. The predicted molar refractivity (Wildman–Crippen MR) is 108 cm³/mol. The van der Waals surface area contributed by atoms with Crippen LogP contribution in [0.4, 0.5) is 5.69 Å². The van der Waals surface area contributed by atoms with Gasteiger partial charge in [-0.15, -0.1) is 0 Å². The minimum atomic E-state index is -0.854. The molecule has 2 aromatic carbocycles. The average molecular weight is 375 g/mol. The smallest absolute Gasteiger partial charge is 0.252 e. The second-order valence-electron chi connectivity index (χ2n) is 8.13. The van der Waals surface area contributed by atoms with Gasteiger partial charge < -0.3 is 10.2 Å².